The van der Waals surface area contributed by atoms with Crippen molar-refractivity contribution in [3.8, 4) is 0 Å². The normalized spacial score (nSPS) is 10.2. The fourth-order valence-electron chi connectivity index (χ4n) is 2.38. The van der Waals surface area contributed by atoms with Gasteiger partial charge >= 0.3 is 5.97 Å². The van der Waals surface area contributed by atoms with Gasteiger partial charge in [0.2, 0.25) is 0 Å². The van der Waals surface area contributed by atoms with Gasteiger partial charge in [0.25, 0.3) is 11.8 Å². The molecule has 2 aromatic rings. The summed E-state index contributed by atoms with van der Waals surface area (Å²) >= 11 is 0. The van der Waals surface area contributed by atoms with Crippen LogP contribution in [0.1, 0.15) is 51.1 Å². The molecule has 2 rings (SSSR count). The molecule has 0 aliphatic carbocycles. The van der Waals surface area contributed by atoms with Crippen molar-refractivity contribution in [1.82, 2.24) is 9.88 Å². The summed E-state index contributed by atoms with van der Waals surface area (Å²) in [6.45, 7) is 2.69. The number of carbonyl (C=O) groups is 3. The molecular formula is C20H23N3O4. The Morgan fingerprint density at radius 2 is 1.74 bits per heavy atom. The number of nitrogens with one attached hydrogen (secondary N) is 1. The molecule has 1 aromatic heterocycles. The zero-order valence-corrected chi connectivity index (χ0v) is 15.7. The van der Waals surface area contributed by atoms with Crippen LogP contribution in [0.4, 0.5) is 5.69 Å². The molecule has 2 amide bonds. The standard InChI is InChI=1S/C20H23N3O4/c1-4-5-13-23(2)19(25)17-8-6-7-16(22-17)18(24)21-15-11-9-14(10-12-15)20(26)27-3/h6-12H,4-5,13H2,1-3H3,(H,21,24). The number of pyridine rings is 1. The van der Waals surface area contributed by atoms with Crippen LogP contribution in [0.25, 0.3) is 0 Å². The van der Waals surface area contributed by atoms with Crippen LogP contribution < -0.4 is 5.32 Å². The molecule has 0 fully saturated rings. The van der Waals surface area contributed by atoms with Crippen LogP contribution in [0.5, 0.6) is 0 Å². The summed E-state index contributed by atoms with van der Waals surface area (Å²) in [6, 6.07) is 11.1. The highest BCUT2D eigenvalue weighted by molar-refractivity contribution is 6.04. The van der Waals surface area contributed by atoms with Crippen molar-refractivity contribution >= 4 is 23.5 Å². The maximum absolute atomic E-state index is 12.4. The molecule has 0 saturated heterocycles. The molecule has 0 atom stereocenters. The van der Waals surface area contributed by atoms with Gasteiger partial charge < -0.3 is 15.0 Å². The Morgan fingerprint density at radius 3 is 2.37 bits per heavy atom. The summed E-state index contributed by atoms with van der Waals surface area (Å²) in [5, 5.41) is 2.69. The predicted octanol–water partition coefficient (Wildman–Crippen LogP) is 2.99. The number of anilines is 1. The number of rotatable bonds is 7. The smallest absolute Gasteiger partial charge is 0.337 e. The molecule has 1 N–H and O–H groups in total. The van der Waals surface area contributed by atoms with E-state index in [2.05, 4.69) is 22.0 Å². The summed E-state index contributed by atoms with van der Waals surface area (Å²) in [7, 11) is 3.02. The van der Waals surface area contributed by atoms with Crippen molar-refractivity contribution in [2.24, 2.45) is 0 Å². The molecule has 142 valence electrons. The van der Waals surface area contributed by atoms with Crippen molar-refractivity contribution in [2.45, 2.75) is 19.8 Å². The van der Waals surface area contributed by atoms with E-state index in [1.807, 2.05) is 0 Å². The fourth-order valence-corrected chi connectivity index (χ4v) is 2.38. The van der Waals surface area contributed by atoms with E-state index >= 15 is 0 Å². The van der Waals surface area contributed by atoms with Gasteiger partial charge in [-0.2, -0.15) is 0 Å². The largest absolute Gasteiger partial charge is 0.465 e. The molecule has 0 radical (unpaired) electrons. The lowest BCUT2D eigenvalue weighted by atomic mass is 10.2. The van der Waals surface area contributed by atoms with E-state index < -0.39 is 11.9 Å². The molecule has 0 saturated carbocycles. The van der Waals surface area contributed by atoms with Crippen molar-refractivity contribution in [3.05, 3.63) is 59.4 Å². The summed E-state index contributed by atoms with van der Waals surface area (Å²) in [6.07, 6.45) is 1.90. The van der Waals surface area contributed by atoms with Crippen LogP contribution in [-0.2, 0) is 4.74 Å². The van der Waals surface area contributed by atoms with Crippen LogP contribution in [-0.4, -0.2) is 48.4 Å². The summed E-state index contributed by atoms with van der Waals surface area (Å²) in [5.74, 6) is -1.11. The number of methoxy groups -OCH3 is 1. The van der Waals surface area contributed by atoms with E-state index in [1.54, 1.807) is 54.4 Å². The molecule has 0 aliphatic rings. The Morgan fingerprint density at radius 1 is 1.07 bits per heavy atom. The highest BCUT2D eigenvalue weighted by Crippen LogP contribution is 2.12. The molecule has 7 heteroatoms. The van der Waals surface area contributed by atoms with Gasteiger partial charge in [0.05, 0.1) is 12.7 Å². The highest BCUT2D eigenvalue weighted by atomic mass is 16.5. The predicted molar refractivity (Wildman–Crippen MR) is 102 cm³/mol. The molecular weight excluding hydrogens is 346 g/mol. The third-order valence-electron chi connectivity index (χ3n) is 3.96. The van der Waals surface area contributed by atoms with E-state index in [9.17, 15) is 14.4 Å². The molecule has 0 aliphatic heterocycles. The molecule has 27 heavy (non-hydrogen) atoms. The SMILES string of the molecule is CCCCN(C)C(=O)c1cccc(C(=O)Nc2ccc(C(=O)OC)cc2)n1. The number of unbranched alkanes of at least 4 members (excludes halogenated alkanes) is 1. The summed E-state index contributed by atoms with van der Waals surface area (Å²) in [5.41, 5.74) is 1.26. The Hall–Kier alpha value is -3.22. The van der Waals surface area contributed by atoms with E-state index in [0.717, 1.165) is 12.8 Å². The second-order valence-electron chi connectivity index (χ2n) is 6.01. The third kappa shape index (κ3) is 5.37. The topological polar surface area (TPSA) is 88.6 Å². The number of benzene rings is 1. The summed E-state index contributed by atoms with van der Waals surface area (Å²) in [4.78, 5) is 42.0. The average Bonchev–Trinajstić information content (AvgIpc) is 2.71. The lowest BCUT2D eigenvalue weighted by Crippen LogP contribution is -2.29. The first-order valence-electron chi connectivity index (χ1n) is 8.68. The quantitative estimate of drug-likeness (QED) is 0.758. The number of hydrogen-bond donors (Lipinski definition) is 1. The maximum atomic E-state index is 12.4. The number of hydrogen-bond acceptors (Lipinski definition) is 5. The Labute approximate surface area is 158 Å². The average molecular weight is 369 g/mol. The van der Waals surface area contributed by atoms with Crippen molar-refractivity contribution in [2.75, 3.05) is 26.0 Å². The van der Waals surface area contributed by atoms with Crippen molar-refractivity contribution in [1.29, 1.82) is 0 Å². The fraction of sp³-hybridized carbons (Fsp3) is 0.300. The van der Waals surface area contributed by atoms with Crippen LogP contribution >= 0.6 is 0 Å². The second kappa shape index (κ2) is 9.47. The molecule has 0 unspecified atom stereocenters. The van der Waals surface area contributed by atoms with Crippen LogP contribution in [0, 0.1) is 0 Å². The Kier molecular flexibility index (Phi) is 7.05. The maximum Gasteiger partial charge on any atom is 0.337 e. The minimum atomic E-state index is -0.451. The lowest BCUT2D eigenvalue weighted by molar-refractivity contribution is 0.0600. The van der Waals surface area contributed by atoms with Gasteiger partial charge in [-0.1, -0.05) is 19.4 Å². The first kappa shape index (κ1) is 20.1. The van der Waals surface area contributed by atoms with Gasteiger partial charge in [0.15, 0.2) is 0 Å². The molecule has 0 spiro atoms. The Balaban J connectivity index is 2.08. The van der Waals surface area contributed by atoms with Crippen LogP contribution in [0.3, 0.4) is 0 Å². The number of ether oxygens (including phenoxy) is 1. The highest BCUT2D eigenvalue weighted by Gasteiger charge is 2.16. The van der Waals surface area contributed by atoms with E-state index in [4.69, 9.17) is 0 Å². The van der Waals surface area contributed by atoms with Gasteiger partial charge in [-0.25, -0.2) is 9.78 Å². The number of carbonyl (C=O) groups excluding carboxylic acids is 3. The molecule has 1 heterocycles. The monoisotopic (exact) mass is 369 g/mol. The van der Waals surface area contributed by atoms with E-state index in [-0.39, 0.29) is 17.3 Å². The first-order valence-corrected chi connectivity index (χ1v) is 8.68. The van der Waals surface area contributed by atoms with Crippen molar-refractivity contribution < 1.29 is 19.1 Å². The van der Waals surface area contributed by atoms with Gasteiger partial charge in [0.1, 0.15) is 11.4 Å². The third-order valence-corrected chi connectivity index (χ3v) is 3.96. The van der Waals surface area contributed by atoms with Crippen LogP contribution in [0.2, 0.25) is 0 Å². The lowest BCUT2D eigenvalue weighted by Gasteiger charge is -2.16. The van der Waals surface area contributed by atoms with Crippen LogP contribution in [0.15, 0.2) is 42.5 Å². The van der Waals surface area contributed by atoms with Gasteiger partial charge in [0, 0.05) is 19.3 Å². The minimum absolute atomic E-state index is 0.141. The number of esters is 1. The van der Waals surface area contributed by atoms with E-state index in [0.29, 0.717) is 17.8 Å². The molecule has 0 bridgehead atoms. The van der Waals surface area contributed by atoms with Gasteiger partial charge in [-0.15, -0.1) is 0 Å². The zero-order chi connectivity index (χ0) is 19.8. The second-order valence-corrected chi connectivity index (χ2v) is 6.01. The number of aromatic nitrogens is 1. The van der Waals surface area contributed by atoms with E-state index in [1.165, 1.54) is 7.11 Å². The number of amides is 2. The number of nitrogens with zero attached hydrogens (tertiary/aromatic N) is 2. The first-order chi connectivity index (χ1) is 13.0. The van der Waals surface area contributed by atoms with Gasteiger partial charge in [-0.05, 0) is 42.8 Å². The van der Waals surface area contributed by atoms with Crippen molar-refractivity contribution in [3.63, 3.8) is 0 Å². The molecule has 1 aromatic carbocycles. The minimum Gasteiger partial charge on any atom is -0.465 e. The van der Waals surface area contributed by atoms with Gasteiger partial charge in [-0.3, -0.25) is 9.59 Å². The zero-order valence-electron chi connectivity index (χ0n) is 15.7. The molecule has 7 nitrogen and oxygen atoms in total. The Bertz CT molecular complexity index is 818. The summed E-state index contributed by atoms with van der Waals surface area (Å²) < 4.78 is 4.63.